The molecular weight excluding hydrogens is 376 g/mol. The second-order valence-electron chi connectivity index (χ2n) is 7.48. The highest BCUT2D eigenvalue weighted by Crippen LogP contribution is 2.31. The van der Waals surface area contributed by atoms with Crippen molar-refractivity contribution in [3.05, 3.63) is 40.6 Å². The maximum atomic E-state index is 13.2. The number of thiazole rings is 1. The van der Waals surface area contributed by atoms with Crippen LogP contribution < -0.4 is 0 Å². The maximum absolute atomic E-state index is 13.2. The van der Waals surface area contributed by atoms with Crippen molar-refractivity contribution in [2.75, 3.05) is 13.1 Å². The molecule has 0 aromatic carbocycles. The van der Waals surface area contributed by atoms with Crippen LogP contribution in [-0.2, 0) is 18.4 Å². The monoisotopic (exact) mass is 396 g/mol. The van der Waals surface area contributed by atoms with Gasteiger partial charge in [-0.15, -0.1) is 11.3 Å². The van der Waals surface area contributed by atoms with Crippen LogP contribution in [0.2, 0.25) is 0 Å². The second kappa shape index (κ2) is 6.66. The van der Waals surface area contributed by atoms with Gasteiger partial charge in [0.1, 0.15) is 5.52 Å². The van der Waals surface area contributed by atoms with Gasteiger partial charge in [0.2, 0.25) is 5.91 Å². The van der Waals surface area contributed by atoms with E-state index in [1.54, 1.807) is 22.6 Å². The summed E-state index contributed by atoms with van der Waals surface area (Å²) in [7, 11) is 1.83. The van der Waals surface area contributed by atoms with E-state index in [1.807, 2.05) is 28.3 Å². The number of hydrogen-bond donors (Lipinski definition) is 0. The van der Waals surface area contributed by atoms with Crippen LogP contribution in [0.15, 0.2) is 29.4 Å². The Balaban J connectivity index is 1.41. The van der Waals surface area contributed by atoms with Gasteiger partial charge in [-0.05, 0) is 18.9 Å². The van der Waals surface area contributed by atoms with Gasteiger partial charge in [0.25, 0.3) is 5.91 Å². The highest BCUT2D eigenvalue weighted by Gasteiger charge is 2.42. The van der Waals surface area contributed by atoms with E-state index in [0.29, 0.717) is 25.2 Å². The van der Waals surface area contributed by atoms with Crippen LogP contribution in [0.1, 0.15) is 28.9 Å². The molecule has 0 spiro atoms. The Kier molecular flexibility index (Phi) is 4.12. The van der Waals surface area contributed by atoms with Crippen LogP contribution >= 0.6 is 11.3 Å². The summed E-state index contributed by atoms with van der Waals surface area (Å²) in [5.74, 6) is -0.0784. The molecule has 0 N–H and O–H groups in total. The van der Waals surface area contributed by atoms with Gasteiger partial charge >= 0.3 is 0 Å². The van der Waals surface area contributed by atoms with Crippen LogP contribution in [0.5, 0.6) is 0 Å². The molecule has 6 rings (SSSR count). The molecule has 3 aliphatic heterocycles. The minimum absolute atomic E-state index is 0.0327. The molecule has 3 aliphatic rings. The minimum Gasteiger partial charge on any atom is -0.336 e. The summed E-state index contributed by atoms with van der Waals surface area (Å²) in [6, 6.07) is 1.87. The number of carbonyl (C=O) groups is 2. The first kappa shape index (κ1) is 17.3. The van der Waals surface area contributed by atoms with E-state index in [2.05, 4.69) is 15.1 Å². The summed E-state index contributed by atoms with van der Waals surface area (Å²) >= 11 is 1.53. The first-order valence-corrected chi connectivity index (χ1v) is 10.3. The van der Waals surface area contributed by atoms with Crippen LogP contribution in [0.25, 0.3) is 11.0 Å². The predicted octanol–water partition coefficient (Wildman–Crippen LogP) is 1.69. The van der Waals surface area contributed by atoms with E-state index in [1.165, 1.54) is 11.3 Å². The number of rotatable bonds is 3. The minimum atomic E-state index is -0.144. The zero-order valence-corrected chi connectivity index (χ0v) is 16.3. The Hall–Kier alpha value is -2.81. The molecule has 8 nitrogen and oxygen atoms in total. The lowest BCUT2D eigenvalue weighted by Gasteiger charge is -2.35. The molecule has 9 heteroatoms. The Morgan fingerprint density at radius 1 is 1.25 bits per heavy atom. The number of carbonyl (C=O) groups excluding carboxylic acids is 2. The molecule has 144 valence electrons. The number of hydrogen-bond acceptors (Lipinski definition) is 6. The third kappa shape index (κ3) is 2.86. The molecule has 0 radical (unpaired) electrons. The SMILES string of the molecule is Cn1ncc2ncc(C(=O)N3C[C@@H]4CC[C@H](C3)N(Cc3cscn3)C4=O)cc21. The van der Waals surface area contributed by atoms with Crippen molar-refractivity contribution in [3.8, 4) is 0 Å². The van der Waals surface area contributed by atoms with Crippen molar-refractivity contribution in [1.29, 1.82) is 0 Å². The van der Waals surface area contributed by atoms with Crippen molar-refractivity contribution in [2.24, 2.45) is 13.0 Å². The fourth-order valence-corrected chi connectivity index (χ4v) is 4.78. The Morgan fingerprint density at radius 3 is 2.96 bits per heavy atom. The van der Waals surface area contributed by atoms with Gasteiger partial charge in [-0.1, -0.05) is 0 Å². The fraction of sp³-hybridized carbons (Fsp3) is 0.421. The number of fused-ring (bicyclic) bond motifs is 5. The first-order chi connectivity index (χ1) is 13.6. The number of pyridine rings is 1. The summed E-state index contributed by atoms with van der Waals surface area (Å²) < 4.78 is 1.71. The summed E-state index contributed by atoms with van der Waals surface area (Å²) in [4.78, 5) is 38.6. The highest BCUT2D eigenvalue weighted by atomic mass is 32.1. The van der Waals surface area contributed by atoms with E-state index in [4.69, 9.17) is 0 Å². The quantitative estimate of drug-likeness (QED) is 0.673. The third-order valence-corrected chi connectivity index (χ3v) is 6.38. The van der Waals surface area contributed by atoms with Crippen LogP contribution in [-0.4, -0.2) is 60.5 Å². The number of aryl methyl sites for hydroxylation is 1. The molecule has 6 heterocycles. The van der Waals surface area contributed by atoms with E-state index in [9.17, 15) is 9.59 Å². The average Bonchev–Trinajstić information content (AvgIpc) is 3.26. The molecule has 28 heavy (non-hydrogen) atoms. The third-order valence-electron chi connectivity index (χ3n) is 5.74. The molecule has 2 amide bonds. The van der Waals surface area contributed by atoms with Crippen LogP contribution in [0.3, 0.4) is 0 Å². The van der Waals surface area contributed by atoms with E-state index < -0.39 is 0 Å². The van der Waals surface area contributed by atoms with Crippen molar-refractivity contribution in [2.45, 2.75) is 25.4 Å². The van der Waals surface area contributed by atoms with Gasteiger partial charge in [0.15, 0.2) is 0 Å². The predicted molar refractivity (Wildman–Crippen MR) is 104 cm³/mol. The largest absolute Gasteiger partial charge is 0.336 e. The van der Waals surface area contributed by atoms with Crippen LogP contribution in [0, 0.1) is 5.92 Å². The first-order valence-electron chi connectivity index (χ1n) is 9.34. The number of aromatic nitrogens is 4. The van der Waals surface area contributed by atoms with Crippen molar-refractivity contribution >= 4 is 34.2 Å². The Bertz CT molecular complexity index is 1050. The Morgan fingerprint density at radius 2 is 2.14 bits per heavy atom. The summed E-state index contributed by atoms with van der Waals surface area (Å²) in [6.45, 7) is 1.54. The lowest BCUT2D eigenvalue weighted by Crippen LogP contribution is -2.47. The molecule has 0 unspecified atom stereocenters. The van der Waals surface area contributed by atoms with Gasteiger partial charge in [-0.25, -0.2) is 4.98 Å². The van der Waals surface area contributed by atoms with Crippen LogP contribution in [0.4, 0.5) is 0 Å². The molecular formula is C19H20N6O2S. The molecule has 3 aromatic rings. The molecule has 3 aromatic heterocycles. The van der Waals surface area contributed by atoms with Crippen molar-refractivity contribution in [1.82, 2.24) is 29.5 Å². The number of nitrogens with zero attached hydrogens (tertiary/aromatic N) is 6. The van der Waals surface area contributed by atoms with Crippen molar-refractivity contribution < 1.29 is 9.59 Å². The fourth-order valence-electron chi connectivity index (χ4n) is 4.23. The summed E-state index contributed by atoms with van der Waals surface area (Å²) in [5.41, 5.74) is 4.82. The van der Waals surface area contributed by atoms with Gasteiger partial charge < -0.3 is 9.80 Å². The van der Waals surface area contributed by atoms with Gasteiger partial charge in [-0.3, -0.25) is 19.3 Å². The average molecular weight is 396 g/mol. The standard InChI is InChI=1S/C19H20N6O2S/c1-23-17-4-13(5-20-16(17)6-22-23)18(26)24-7-12-2-3-15(9-24)25(19(12)27)8-14-10-28-11-21-14/h4-6,10-12,15H,2-3,7-9H2,1H3/t12-,15+/m0/s1. The Labute approximate surface area is 165 Å². The zero-order chi connectivity index (χ0) is 19.3. The lowest BCUT2D eigenvalue weighted by atomic mass is 9.94. The normalized spacial score (nSPS) is 22.1. The molecule has 0 aliphatic carbocycles. The topological polar surface area (TPSA) is 84.2 Å². The van der Waals surface area contributed by atoms with E-state index >= 15 is 0 Å². The molecule has 3 fully saturated rings. The zero-order valence-electron chi connectivity index (χ0n) is 15.5. The van der Waals surface area contributed by atoms with Crippen molar-refractivity contribution in [3.63, 3.8) is 0 Å². The maximum Gasteiger partial charge on any atom is 0.255 e. The highest BCUT2D eigenvalue weighted by molar-refractivity contribution is 7.07. The van der Waals surface area contributed by atoms with E-state index in [-0.39, 0.29) is 23.8 Å². The lowest BCUT2D eigenvalue weighted by molar-refractivity contribution is -0.140. The molecule has 2 bridgehead atoms. The second-order valence-corrected chi connectivity index (χ2v) is 8.20. The van der Waals surface area contributed by atoms with E-state index in [0.717, 1.165) is 29.6 Å². The molecule has 0 saturated carbocycles. The van der Waals surface area contributed by atoms with Gasteiger partial charge in [0.05, 0.1) is 40.9 Å². The number of piperidine rings is 1. The molecule has 2 atom stereocenters. The number of amides is 2. The molecule has 3 saturated heterocycles. The summed E-state index contributed by atoms with van der Waals surface area (Å²) in [5, 5.41) is 6.16. The van der Waals surface area contributed by atoms with Gasteiger partial charge in [0, 0.05) is 37.8 Å². The smallest absolute Gasteiger partial charge is 0.255 e. The van der Waals surface area contributed by atoms with Gasteiger partial charge in [-0.2, -0.15) is 5.10 Å². The summed E-state index contributed by atoms with van der Waals surface area (Å²) in [6.07, 6.45) is 5.04.